The van der Waals surface area contributed by atoms with Gasteiger partial charge in [0.2, 0.25) is 0 Å². The standard InChI is InChI=1S/C20H23BrN2O4/c1-4-26-18-10-7-15(21)11-17(18)20(25)23-22-19(24)14-5-8-16(9-6-14)27-12-13(2)3/h5-11,13H,4,12H2,1-3H3,(H,22,24)(H,23,25). The van der Waals surface area contributed by atoms with Gasteiger partial charge in [0.15, 0.2) is 0 Å². The molecule has 0 bridgehead atoms. The quantitative estimate of drug-likeness (QED) is 0.646. The van der Waals surface area contributed by atoms with Crippen molar-refractivity contribution in [2.75, 3.05) is 13.2 Å². The Balaban J connectivity index is 1.97. The molecule has 0 aliphatic heterocycles. The van der Waals surface area contributed by atoms with Crippen molar-refractivity contribution >= 4 is 27.7 Å². The number of amides is 2. The Morgan fingerprint density at radius 3 is 2.30 bits per heavy atom. The van der Waals surface area contributed by atoms with E-state index >= 15 is 0 Å². The summed E-state index contributed by atoms with van der Waals surface area (Å²) in [7, 11) is 0. The Morgan fingerprint density at radius 1 is 1.00 bits per heavy atom. The minimum absolute atomic E-state index is 0.323. The SMILES string of the molecule is CCOc1ccc(Br)cc1C(=O)NNC(=O)c1ccc(OCC(C)C)cc1. The second-order valence-corrected chi connectivity index (χ2v) is 7.13. The predicted octanol–water partition coefficient (Wildman–Crippen LogP) is 3.96. The van der Waals surface area contributed by atoms with Crippen LogP contribution in [0.1, 0.15) is 41.5 Å². The largest absolute Gasteiger partial charge is 0.493 e. The molecule has 0 spiro atoms. The molecule has 27 heavy (non-hydrogen) atoms. The third-order valence-corrected chi connectivity index (χ3v) is 3.97. The van der Waals surface area contributed by atoms with E-state index < -0.39 is 11.8 Å². The molecule has 0 unspecified atom stereocenters. The van der Waals surface area contributed by atoms with E-state index in [1.807, 2.05) is 6.92 Å². The maximum Gasteiger partial charge on any atom is 0.273 e. The zero-order valence-corrected chi connectivity index (χ0v) is 17.1. The first-order chi connectivity index (χ1) is 12.9. The molecular weight excluding hydrogens is 412 g/mol. The number of carbonyl (C=O) groups is 2. The number of ether oxygens (including phenoxy) is 2. The lowest BCUT2D eigenvalue weighted by atomic mass is 10.2. The van der Waals surface area contributed by atoms with Gasteiger partial charge in [0.25, 0.3) is 11.8 Å². The summed E-state index contributed by atoms with van der Waals surface area (Å²) in [4.78, 5) is 24.6. The van der Waals surface area contributed by atoms with Crippen molar-refractivity contribution in [2.24, 2.45) is 5.92 Å². The van der Waals surface area contributed by atoms with Gasteiger partial charge in [-0.15, -0.1) is 0 Å². The Labute approximate surface area is 167 Å². The topological polar surface area (TPSA) is 76.7 Å². The molecule has 0 heterocycles. The maximum absolute atomic E-state index is 12.4. The fraction of sp³-hybridized carbons (Fsp3) is 0.300. The molecule has 144 valence electrons. The number of halogens is 1. The lowest BCUT2D eigenvalue weighted by Crippen LogP contribution is -2.41. The smallest absolute Gasteiger partial charge is 0.273 e. The third kappa shape index (κ3) is 6.29. The summed E-state index contributed by atoms with van der Waals surface area (Å²) in [6.45, 7) is 7.00. The summed E-state index contributed by atoms with van der Waals surface area (Å²) in [5.74, 6) is 0.665. The van der Waals surface area contributed by atoms with Crippen LogP contribution >= 0.6 is 15.9 Å². The highest BCUT2D eigenvalue weighted by Gasteiger charge is 2.14. The van der Waals surface area contributed by atoms with Gasteiger partial charge in [0.05, 0.1) is 18.8 Å². The van der Waals surface area contributed by atoms with Gasteiger partial charge in [0, 0.05) is 10.0 Å². The molecule has 0 fully saturated rings. The van der Waals surface area contributed by atoms with Gasteiger partial charge in [0.1, 0.15) is 11.5 Å². The summed E-state index contributed by atoms with van der Waals surface area (Å²) in [6.07, 6.45) is 0. The summed E-state index contributed by atoms with van der Waals surface area (Å²) in [5, 5.41) is 0. The van der Waals surface area contributed by atoms with Gasteiger partial charge in [-0.3, -0.25) is 20.4 Å². The van der Waals surface area contributed by atoms with Crippen molar-refractivity contribution in [3.8, 4) is 11.5 Å². The maximum atomic E-state index is 12.4. The van der Waals surface area contributed by atoms with Crippen molar-refractivity contribution in [1.82, 2.24) is 10.9 Å². The first kappa shape index (κ1) is 20.8. The van der Waals surface area contributed by atoms with Crippen molar-refractivity contribution in [3.05, 3.63) is 58.1 Å². The molecule has 0 saturated heterocycles. The van der Waals surface area contributed by atoms with Crippen LogP contribution in [0.15, 0.2) is 46.9 Å². The first-order valence-corrected chi connectivity index (χ1v) is 9.46. The van der Waals surface area contributed by atoms with Crippen LogP contribution in [0.25, 0.3) is 0 Å². The molecule has 0 aromatic heterocycles. The molecule has 2 aromatic carbocycles. The van der Waals surface area contributed by atoms with Gasteiger partial charge >= 0.3 is 0 Å². The number of benzene rings is 2. The minimum atomic E-state index is -0.468. The minimum Gasteiger partial charge on any atom is -0.493 e. The number of carbonyl (C=O) groups excluding carboxylic acids is 2. The van der Waals surface area contributed by atoms with E-state index in [-0.39, 0.29) is 0 Å². The van der Waals surface area contributed by atoms with Crippen LogP contribution in [0.5, 0.6) is 11.5 Å². The van der Waals surface area contributed by atoms with Crippen molar-refractivity contribution in [3.63, 3.8) is 0 Å². The van der Waals surface area contributed by atoms with Gasteiger partial charge in [-0.25, -0.2) is 0 Å². The Bertz CT molecular complexity index is 791. The van der Waals surface area contributed by atoms with Crippen LogP contribution in [0.4, 0.5) is 0 Å². The summed E-state index contributed by atoms with van der Waals surface area (Å²) in [6, 6.07) is 11.8. The lowest BCUT2D eigenvalue weighted by Gasteiger charge is -2.12. The fourth-order valence-electron chi connectivity index (χ4n) is 2.18. The lowest BCUT2D eigenvalue weighted by molar-refractivity contribution is 0.0844. The van der Waals surface area contributed by atoms with E-state index in [4.69, 9.17) is 9.47 Å². The highest BCUT2D eigenvalue weighted by Crippen LogP contribution is 2.23. The number of hydrogen-bond acceptors (Lipinski definition) is 4. The van der Waals surface area contributed by atoms with Gasteiger partial charge in [-0.05, 0) is 55.3 Å². The van der Waals surface area contributed by atoms with Crippen LogP contribution in [-0.2, 0) is 0 Å². The number of hydrogen-bond donors (Lipinski definition) is 2. The second-order valence-electron chi connectivity index (χ2n) is 6.21. The van der Waals surface area contributed by atoms with E-state index in [0.29, 0.717) is 41.8 Å². The third-order valence-electron chi connectivity index (χ3n) is 3.48. The summed E-state index contributed by atoms with van der Waals surface area (Å²) < 4.78 is 11.8. The van der Waals surface area contributed by atoms with Crippen LogP contribution in [0.3, 0.4) is 0 Å². The average molecular weight is 435 g/mol. The summed E-state index contributed by atoms with van der Waals surface area (Å²) >= 11 is 3.33. The van der Waals surface area contributed by atoms with E-state index in [1.165, 1.54) is 0 Å². The van der Waals surface area contributed by atoms with E-state index in [9.17, 15) is 9.59 Å². The van der Waals surface area contributed by atoms with Crippen LogP contribution in [0.2, 0.25) is 0 Å². The second kappa shape index (κ2) is 9.97. The Hall–Kier alpha value is -2.54. The molecule has 6 nitrogen and oxygen atoms in total. The monoisotopic (exact) mass is 434 g/mol. The van der Waals surface area contributed by atoms with Crippen LogP contribution < -0.4 is 20.3 Å². The van der Waals surface area contributed by atoms with Gasteiger partial charge < -0.3 is 9.47 Å². The molecule has 2 rings (SSSR count). The summed E-state index contributed by atoms with van der Waals surface area (Å²) in [5.41, 5.74) is 5.54. The fourth-order valence-corrected chi connectivity index (χ4v) is 2.54. The van der Waals surface area contributed by atoms with Crippen molar-refractivity contribution < 1.29 is 19.1 Å². The predicted molar refractivity (Wildman–Crippen MR) is 107 cm³/mol. The molecule has 0 atom stereocenters. The van der Waals surface area contributed by atoms with Gasteiger partial charge in [-0.2, -0.15) is 0 Å². The molecule has 2 aromatic rings. The van der Waals surface area contributed by atoms with Crippen LogP contribution in [0, 0.1) is 5.92 Å². The molecular formula is C20H23BrN2O4. The Kier molecular flexibility index (Phi) is 7.67. The van der Waals surface area contributed by atoms with E-state index in [0.717, 1.165) is 4.47 Å². The molecule has 0 radical (unpaired) electrons. The normalized spacial score (nSPS) is 10.4. The molecule has 0 saturated carbocycles. The molecule has 2 amide bonds. The van der Waals surface area contributed by atoms with E-state index in [2.05, 4.69) is 40.6 Å². The number of hydrazine groups is 1. The van der Waals surface area contributed by atoms with E-state index in [1.54, 1.807) is 42.5 Å². The zero-order valence-electron chi connectivity index (χ0n) is 15.5. The van der Waals surface area contributed by atoms with Crippen molar-refractivity contribution in [2.45, 2.75) is 20.8 Å². The number of nitrogens with one attached hydrogen (secondary N) is 2. The molecule has 0 aliphatic carbocycles. The first-order valence-electron chi connectivity index (χ1n) is 8.66. The Morgan fingerprint density at radius 2 is 1.67 bits per heavy atom. The average Bonchev–Trinajstić information content (AvgIpc) is 2.66. The highest BCUT2D eigenvalue weighted by atomic mass is 79.9. The van der Waals surface area contributed by atoms with Crippen molar-refractivity contribution in [1.29, 1.82) is 0 Å². The highest BCUT2D eigenvalue weighted by molar-refractivity contribution is 9.10. The van der Waals surface area contributed by atoms with Crippen LogP contribution in [-0.4, -0.2) is 25.0 Å². The number of rotatable bonds is 7. The zero-order chi connectivity index (χ0) is 19.8. The van der Waals surface area contributed by atoms with Gasteiger partial charge in [-0.1, -0.05) is 29.8 Å². The molecule has 0 aliphatic rings. The molecule has 2 N–H and O–H groups in total. The molecule has 7 heteroatoms.